The number of hydrogen-bond acceptors (Lipinski definition) is 7. The number of aromatic nitrogens is 4. The Kier molecular flexibility index (Phi) is 7.93. The smallest absolute Gasteiger partial charge is 0.258 e. The quantitative estimate of drug-likeness (QED) is 0.259. The monoisotopic (exact) mass is 613 g/mol. The van der Waals surface area contributed by atoms with E-state index in [1.807, 2.05) is 19.1 Å². The zero-order chi connectivity index (χ0) is 30.3. The Morgan fingerprint density at radius 2 is 1.75 bits per heavy atom. The Morgan fingerprint density at radius 3 is 2.57 bits per heavy atom. The van der Waals surface area contributed by atoms with E-state index in [-0.39, 0.29) is 5.91 Å². The Balaban J connectivity index is 1.21. The van der Waals surface area contributed by atoms with Crippen LogP contribution in [-0.4, -0.2) is 70.2 Å². The van der Waals surface area contributed by atoms with Crippen LogP contribution in [0, 0.1) is 12.3 Å². The molecule has 44 heavy (non-hydrogen) atoms. The number of carbonyl (C=O) groups excluding carboxylic acids is 1. The van der Waals surface area contributed by atoms with Crippen LogP contribution in [0.25, 0.3) is 22.3 Å². The summed E-state index contributed by atoms with van der Waals surface area (Å²) in [6.07, 6.45) is 11.2. The van der Waals surface area contributed by atoms with Crippen molar-refractivity contribution in [3.63, 3.8) is 0 Å². The first-order valence-electron chi connectivity index (χ1n) is 15.9. The van der Waals surface area contributed by atoms with Crippen molar-refractivity contribution in [1.82, 2.24) is 24.4 Å². The minimum Gasteiger partial charge on any atom is -0.493 e. The van der Waals surface area contributed by atoms with E-state index in [1.165, 1.54) is 38.8 Å². The molecule has 6 heterocycles. The van der Waals surface area contributed by atoms with Crippen molar-refractivity contribution in [2.75, 3.05) is 50.1 Å². The summed E-state index contributed by atoms with van der Waals surface area (Å²) in [6, 6.07) is 9.59. The molecule has 0 atom stereocenters. The first-order chi connectivity index (χ1) is 21.4. The number of amides is 1. The second kappa shape index (κ2) is 12.0. The van der Waals surface area contributed by atoms with E-state index in [0.29, 0.717) is 34.3 Å². The zero-order valence-electron chi connectivity index (χ0n) is 25.6. The molecule has 1 aromatic carbocycles. The number of carbonyl (C=O) groups is 1. The summed E-state index contributed by atoms with van der Waals surface area (Å²) >= 11 is 6.93. The molecule has 1 amide bonds. The summed E-state index contributed by atoms with van der Waals surface area (Å²) in [7, 11) is 2.23. The number of anilines is 2. The number of pyridine rings is 2. The van der Waals surface area contributed by atoms with Gasteiger partial charge in [0.15, 0.2) is 0 Å². The summed E-state index contributed by atoms with van der Waals surface area (Å²) in [5, 5.41) is 3.83. The van der Waals surface area contributed by atoms with Crippen LogP contribution in [0.2, 0.25) is 5.02 Å². The molecule has 4 aromatic rings. The number of imidazole rings is 1. The molecule has 7 rings (SSSR count). The minimum atomic E-state index is -0.236. The van der Waals surface area contributed by atoms with E-state index in [2.05, 4.69) is 37.8 Å². The maximum absolute atomic E-state index is 13.7. The van der Waals surface area contributed by atoms with Gasteiger partial charge in [-0.3, -0.25) is 20.1 Å². The average Bonchev–Trinajstić information content (AvgIpc) is 3.35. The third kappa shape index (κ3) is 5.75. The van der Waals surface area contributed by atoms with Gasteiger partial charge in [-0.25, -0.2) is 4.98 Å². The number of hydrogen-bond donors (Lipinski definition) is 1. The van der Waals surface area contributed by atoms with Gasteiger partial charge in [0.05, 0.1) is 39.6 Å². The molecule has 0 radical (unpaired) electrons. The summed E-state index contributed by atoms with van der Waals surface area (Å²) in [5.74, 6) is 1.02. The lowest BCUT2D eigenvalue weighted by atomic mass is 9.71. The minimum absolute atomic E-state index is 0.236. The predicted molar refractivity (Wildman–Crippen MR) is 175 cm³/mol. The van der Waals surface area contributed by atoms with Gasteiger partial charge in [0.1, 0.15) is 5.75 Å². The maximum atomic E-state index is 13.7. The fourth-order valence-corrected chi connectivity index (χ4v) is 7.33. The number of benzene rings is 1. The molecule has 1 N–H and O–H groups in total. The molecule has 3 aromatic heterocycles. The van der Waals surface area contributed by atoms with Gasteiger partial charge in [-0.15, -0.1) is 0 Å². The molecule has 0 aliphatic carbocycles. The van der Waals surface area contributed by atoms with Crippen molar-refractivity contribution in [3.8, 4) is 17.0 Å². The van der Waals surface area contributed by atoms with Crippen LogP contribution in [0.15, 0.2) is 42.7 Å². The fourth-order valence-electron chi connectivity index (χ4n) is 7.06. The first-order valence-corrected chi connectivity index (χ1v) is 16.3. The van der Waals surface area contributed by atoms with Crippen LogP contribution in [0.5, 0.6) is 5.75 Å². The van der Waals surface area contributed by atoms with Gasteiger partial charge in [-0.1, -0.05) is 11.6 Å². The Bertz CT molecular complexity index is 1680. The fraction of sp³-hybridized carbons (Fsp3) is 0.471. The number of nitrogens with one attached hydrogen (secondary N) is 1. The topological polar surface area (TPSA) is 88.4 Å². The summed E-state index contributed by atoms with van der Waals surface area (Å²) in [4.78, 5) is 32.5. The lowest BCUT2D eigenvalue weighted by molar-refractivity contribution is 0.0945. The predicted octanol–water partition coefficient (Wildman–Crippen LogP) is 6.58. The van der Waals surface area contributed by atoms with Crippen molar-refractivity contribution >= 4 is 40.2 Å². The zero-order valence-corrected chi connectivity index (χ0v) is 26.4. The molecule has 2 saturated heterocycles. The van der Waals surface area contributed by atoms with E-state index in [0.717, 1.165) is 72.6 Å². The van der Waals surface area contributed by atoms with Crippen molar-refractivity contribution < 1.29 is 9.53 Å². The van der Waals surface area contributed by atoms with Crippen molar-refractivity contribution in [2.24, 2.45) is 5.41 Å². The molecule has 2 bridgehead atoms. The highest BCUT2D eigenvalue weighted by Gasteiger charge is 2.37. The highest BCUT2D eigenvalue weighted by Crippen LogP contribution is 2.43. The largest absolute Gasteiger partial charge is 0.493 e. The van der Waals surface area contributed by atoms with Crippen molar-refractivity contribution in [3.05, 3.63) is 59.0 Å². The average molecular weight is 614 g/mol. The van der Waals surface area contributed by atoms with Crippen LogP contribution in [0.3, 0.4) is 0 Å². The third-order valence-corrected chi connectivity index (χ3v) is 10.1. The van der Waals surface area contributed by atoms with Gasteiger partial charge in [0.2, 0.25) is 5.95 Å². The van der Waals surface area contributed by atoms with Crippen molar-refractivity contribution in [1.29, 1.82) is 0 Å². The molecular formula is C34H40ClN7O2. The molecule has 3 aliphatic rings. The van der Waals surface area contributed by atoms with Crippen LogP contribution in [0.1, 0.15) is 61.0 Å². The second-order valence-electron chi connectivity index (χ2n) is 12.8. The molecule has 2 fully saturated rings. The van der Waals surface area contributed by atoms with Gasteiger partial charge in [0.25, 0.3) is 5.91 Å². The SMILES string of the molecule is Cc1cc2cc(n1)-c1cnccc1OCCCCCn1c(nc3cc(Cl)c(N4CCC5(CCN(C)CC5)CC4)cc31)NC2=O. The van der Waals surface area contributed by atoms with Crippen LogP contribution in [-0.2, 0) is 6.54 Å². The molecule has 0 saturated carbocycles. The number of ether oxygens (including phenoxy) is 1. The normalized spacial score (nSPS) is 19.4. The summed E-state index contributed by atoms with van der Waals surface area (Å²) in [5.41, 5.74) is 5.97. The number of aryl methyl sites for hydroxylation is 2. The van der Waals surface area contributed by atoms with Crippen LogP contribution < -0.4 is 15.0 Å². The van der Waals surface area contributed by atoms with Crippen molar-refractivity contribution in [2.45, 2.75) is 58.4 Å². The number of rotatable bonds is 1. The molecular weight excluding hydrogens is 574 g/mol. The summed E-state index contributed by atoms with van der Waals surface area (Å²) in [6.45, 7) is 7.61. The molecule has 9 nitrogen and oxygen atoms in total. The third-order valence-electron chi connectivity index (χ3n) is 9.81. The number of fused-ring (bicyclic) bond motifs is 7. The van der Waals surface area contributed by atoms with Crippen LogP contribution in [0.4, 0.5) is 11.6 Å². The second-order valence-corrected chi connectivity index (χ2v) is 13.2. The lowest BCUT2D eigenvalue weighted by Gasteiger charge is -2.47. The molecule has 3 aliphatic heterocycles. The lowest BCUT2D eigenvalue weighted by Crippen LogP contribution is -2.46. The highest BCUT2D eigenvalue weighted by molar-refractivity contribution is 6.34. The molecule has 1 spiro atoms. The van der Waals surface area contributed by atoms with Gasteiger partial charge >= 0.3 is 0 Å². The number of halogens is 1. The van der Waals surface area contributed by atoms with Gasteiger partial charge in [-0.05, 0) is 108 Å². The molecule has 0 unspecified atom stereocenters. The van der Waals surface area contributed by atoms with E-state index in [9.17, 15) is 4.79 Å². The Labute approximate surface area is 263 Å². The Hall–Kier alpha value is -3.69. The standard InChI is InChI=1S/C34H40ClN7O2/c1-23-18-24-19-27(37-23)25-22-36-11-6-31(25)44-17-5-3-4-12-42-30-21-29(26(35)20-28(30)38-33(42)39-32(24)43)41-15-9-34(10-16-41)7-13-40(2)14-8-34/h6,11,18-22H,3-5,7-10,12-17H2,1-2H3,(H,38,39,43). The highest BCUT2D eigenvalue weighted by atomic mass is 35.5. The molecule has 230 valence electrons. The van der Waals surface area contributed by atoms with E-state index >= 15 is 0 Å². The maximum Gasteiger partial charge on any atom is 0.258 e. The Morgan fingerprint density at radius 1 is 0.955 bits per heavy atom. The van der Waals surface area contributed by atoms with Gasteiger partial charge in [0, 0.05) is 43.3 Å². The van der Waals surface area contributed by atoms with Crippen LogP contribution >= 0.6 is 11.6 Å². The van der Waals surface area contributed by atoms with E-state index < -0.39 is 0 Å². The van der Waals surface area contributed by atoms with E-state index in [1.54, 1.807) is 24.5 Å². The number of likely N-dealkylation sites (tertiary alicyclic amines) is 1. The number of piperidine rings is 2. The van der Waals surface area contributed by atoms with Gasteiger partial charge in [-0.2, -0.15) is 0 Å². The van der Waals surface area contributed by atoms with Gasteiger partial charge < -0.3 is 19.1 Å². The van der Waals surface area contributed by atoms with E-state index in [4.69, 9.17) is 26.3 Å². The summed E-state index contributed by atoms with van der Waals surface area (Å²) < 4.78 is 8.32. The molecule has 10 heteroatoms. The first kappa shape index (κ1) is 29.0. The number of nitrogens with zero attached hydrogens (tertiary/aromatic N) is 6.